The number of benzene rings is 2. The normalized spacial score (nSPS) is 10.7. The lowest BCUT2D eigenvalue weighted by Gasteiger charge is -2.02. The number of nitrogens with zero attached hydrogens (tertiary/aromatic N) is 2. The highest BCUT2D eigenvalue weighted by molar-refractivity contribution is 5.90. The first-order valence-electron chi connectivity index (χ1n) is 5.67. The SMILES string of the molecule is COc1ccc2nn(-c3ccccc3)c(N)c2c1. The van der Waals surface area contributed by atoms with Crippen LogP contribution in [0.2, 0.25) is 0 Å². The van der Waals surface area contributed by atoms with E-state index in [0.717, 1.165) is 22.3 Å². The molecule has 4 nitrogen and oxygen atoms in total. The van der Waals surface area contributed by atoms with Crippen molar-refractivity contribution in [1.82, 2.24) is 9.78 Å². The molecular weight excluding hydrogens is 226 g/mol. The van der Waals surface area contributed by atoms with Gasteiger partial charge in [-0.2, -0.15) is 5.10 Å². The van der Waals surface area contributed by atoms with Crippen molar-refractivity contribution in [3.05, 3.63) is 48.5 Å². The van der Waals surface area contributed by atoms with Gasteiger partial charge in [-0.05, 0) is 30.3 Å². The molecule has 0 saturated carbocycles. The average Bonchev–Trinajstić information content (AvgIpc) is 2.77. The van der Waals surface area contributed by atoms with Crippen LogP contribution < -0.4 is 10.5 Å². The third-order valence-corrected chi connectivity index (χ3v) is 2.92. The molecule has 90 valence electrons. The third kappa shape index (κ3) is 1.59. The van der Waals surface area contributed by atoms with Crippen LogP contribution >= 0.6 is 0 Å². The first-order chi connectivity index (χ1) is 8.79. The largest absolute Gasteiger partial charge is 0.497 e. The third-order valence-electron chi connectivity index (χ3n) is 2.92. The van der Waals surface area contributed by atoms with Gasteiger partial charge in [-0.15, -0.1) is 0 Å². The van der Waals surface area contributed by atoms with Crippen LogP contribution in [-0.4, -0.2) is 16.9 Å². The van der Waals surface area contributed by atoms with Gasteiger partial charge in [0.05, 0.1) is 18.3 Å². The molecule has 0 radical (unpaired) electrons. The molecule has 0 spiro atoms. The van der Waals surface area contributed by atoms with Gasteiger partial charge in [-0.3, -0.25) is 0 Å². The molecule has 1 aromatic heterocycles. The molecule has 0 fully saturated rings. The van der Waals surface area contributed by atoms with Crippen LogP contribution in [-0.2, 0) is 0 Å². The number of hydrogen-bond donors (Lipinski definition) is 1. The molecule has 0 bridgehead atoms. The maximum absolute atomic E-state index is 6.14. The molecule has 4 heteroatoms. The highest BCUT2D eigenvalue weighted by Gasteiger charge is 2.10. The van der Waals surface area contributed by atoms with E-state index in [2.05, 4.69) is 5.10 Å². The molecule has 2 N–H and O–H groups in total. The topological polar surface area (TPSA) is 53.1 Å². The maximum atomic E-state index is 6.14. The molecule has 18 heavy (non-hydrogen) atoms. The van der Waals surface area contributed by atoms with Crippen LogP contribution in [0.5, 0.6) is 5.75 Å². The van der Waals surface area contributed by atoms with Gasteiger partial charge in [0.15, 0.2) is 0 Å². The number of para-hydroxylation sites is 1. The Morgan fingerprint density at radius 3 is 2.61 bits per heavy atom. The van der Waals surface area contributed by atoms with Crippen LogP contribution in [0.15, 0.2) is 48.5 Å². The van der Waals surface area contributed by atoms with E-state index < -0.39 is 0 Å². The Hall–Kier alpha value is -2.49. The second kappa shape index (κ2) is 4.07. The summed E-state index contributed by atoms with van der Waals surface area (Å²) in [4.78, 5) is 0. The minimum atomic E-state index is 0.620. The second-order valence-corrected chi connectivity index (χ2v) is 4.02. The molecular formula is C14H13N3O. The van der Waals surface area contributed by atoms with Crippen molar-refractivity contribution >= 4 is 16.7 Å². The summed E-state index contributed by atoms with van der Waals surface area (Å²) in [7, 11) is 1.64. The summed E-state index contributed by atoms with van der Waals surface area (Å²) in [6.07, 6.45) is 0. The van der Waals surface area contributed by atoms with E-state index in [1.807, 2.05) is 48.5 Å². The van der Waals surface area contributed by atoms with E-state index in [1.54, 1.807) is 11.8 Å². The number of methoxy groups -OCH3 is 1. The lowest BCUT2D eigenvalue weighted by atomic mass is 10.2. The quantitative estimate of drug-likeness (QED) is 0.748. The van der Waals surface area contributed by atoms with Crippen molar-refractivity contribution in [2.75, 3.05) is 12.8 Å². The summed E-state index contributed by atoms with van der Waals surface area (Å²) in [6, 6.07) is 15.5. The Balaban J connectivity index is 2.23. The number of nitrogen functional groups attached to an aromatic ring is 1. The van der Waals surface area contributed by atoms with Crippen molar-refractivity contribution in [1.29, 1.82) is 0 Å². The molecule has 0 saturated heterocycles. The van der Waals surface area contributed by atoms with Gasteiger partial charge in [0.1, 0.15) is 11.6 Å². The van der Waals surface area contributed by atoms with Gasteiger partial charge >= 0.3 is 0 Å². The number of ether oxygens (including phenoxy) is 1. The Bertz CT molecular complexity index is 689. The fraction of sp³-hybridized carbons (Fsp3) is 0.0714. The molecule has 0 aliphatic heterocycles. The first-order valence-corrected chi connectivity index (χ1v) is 5.67. The zero-order chi connectivity index (χ0) is 12.5. The second-order valence-electron chi connectivity index (χ2n) is 4.02. The molecule has 2 aromatic carbocycles. The van der Waals surface area contributed by atoms with E-state index in [1.165, 1.54) is 0 Å². The van der Waals surface area contributed by atoms with E-state index >= 15 is 0 Å². The van der Waals surface area contributed by atoms with Crippen molar-refractivity contribution in [2.24, 2.45) is 0 Å². The smallest absolute Gasteiger partial charge is 0.135 e. The number of rotatable bonds is 2. The van der Waals surface area contributed by atoms with E-state index in [0.29, 0.717) is 5.82 Å². The predicted octanol–water partition coefficient (Wildman–Crippen LogP) is 2.62. The number of nitrogens with two attached hydrogens (primary N) is 1. The number of aromatic nitrogens is 2. The Morgan fingerprint density at radius 1 is 1.11 bits per heavy atom. The molecule has 3 rings (SSSR count). The number of hydrogen-bond acceptors (Lipinski definition) is 3. The molecule has 0 atom stereocenters. The molecule has 0 aliphatic carbocycles. The van der Waals surface area contributed by atoms with Crippen LogP contribution in [0.1, 0.15) is 0 Å². The van der Waals surface area contributed by atoms with Crippen molar-refractivity contribution in [3.63, 3.8) is 0 Å². The molecule has 0 aliphatic rings. The molecule has 1 heterocycles. The predicted molar refractivity (Wildman–Crippen MR) is 72.0 cm³/mol. The van der Waals surface area contributed by atoms with Gasteiger partial charge in [0, 0.05) is 5.39 Å². The van der Waals surface area contributed by atoms with E-state index in [-0.39, 0.29) is 0 Å². The zero-order valence-electron chi connectivity index (χ0n) is 10.00. The lowest BCUT2D eigenvalue weighted by Crippen LogP contribution is -2.01. The summed E-state index contributed by atoms with van der Waals surface area (Å²) < 4.78 is 6.94. The molecule has 3 aromatic rings. The summed E-state index contributed by atoms with van der Waals surface area (Å²) in [6.45, 7) is 0. The fourth-order valence-electron chi connectivity index (χ4n) is 1.98. The van der Waals surface area contributed by atoms with E-state index in [9.17, 15) is 0 Å². The summed E-state index contributed by atoms with van der Waals surface area (Å²) in [5.41, 5.74) is 7.95. The van der Waals surface area contributed by atoms with Crippen LogP contribution in [0, 0.1) is 0 Å². The molecule has 0 unspecified atom stereocenters. The van der Waals surface area contributed by atoms with Crippen LogP contribution in [0.3, 0.4) is 0 Å². The average molecular weight is 239 g/mol. The summed E-state index contributed by atoms with van der Waals surface area (Å²) >= 11 is 0. The maximum Gasteiger partial charge on any atom is 0.135 e. The fourth-order valence-corrected chi connectivity index (χ4v) is 1.98. The Labute approximate surface area is 105 Å². The van der Waals surface area contributed by atoms with Crippen molar-refractivity contribution in [2.45, 2.75) is 0 Å². The van der Waals surface area contributed by atoms with Gasteiger partial charge in [-0.1, -0.05) is 18.2 Å². The van der Waals surface area contributed by atoms with Crippen LogP contribution in [0.25, 0.3) is 16.6 Å². The summed E-state index contributed by atoms with van der Waals surface area (Å²) in [5.74, 6) is 1.40. The van der Waals surface area contributed by atoms with Gasteiger partial charge in [0.25, 0.3) is 0 Å². The highest BCUT2D eigenvalue weighted by Crippen LogP contribution is 2.27. The van der Waals surface area contributed by atoms with E-state index in [4.69, 9.17) is 10.5 Å². The molecule has 0 amide bonds. The first kappa shape index (κ1) is 10.7. The van der Waals surface area contributed by atoms with Gasteiger partial charge < -0.3 is 10.5 Å². The van der Waals surface area contributed by atoms with Crippen LogP contribution in [0.4, 0.5) is 5.82 Å². The Morgan fingerprint density at radius 2 is 1.89 bits per heavy atom. The standard InChI is InChI=1S/C14H13N3O/c1-18-11-7-8-13-12(9-11)14(15)17(16-13)10-5-3-2-4-6-10/h2-9H,15H2,1H3. The Kier molecular flexibility index (Phi) is 2.41. The minimum absolute atomic E-state index is 0.620. The van der Waals surface area contributed by atoms with Crippen molar-refractivity contribution in [3.8, 4) is 11.4 Å². The number of fused-ring (bicyclic) bond motifs is 1. The monoisotopic (exact) mass is 239 g/mol. The summed E-state index contributed by atoms with van der Waals surface area (Å²) in [5, 5.41) is 5.40. The van der Waals surface area contributed by atoms with Gasteiger partial charge in [-0.25, -0.2) is 4.68 Å². The van der Waals surface area contributed by atoms with Gasteiger partial charge in [0.2, 0.25) is 0 Å². The minimum Gasteiger partial charge on any atom is -0.497 e. The van der Waals surface area contributed by atoms with Crippen molar-refractivity contribution < 1.29 is 4.74 Å². The highest BCUT2D eigenvalue weighted by atomic mass is 16.5. The lowest BCUT2D eigenvalue weighted by molar-refractivity contribution is 0.415. The number of anilines is 1. The zero-order valence-corrected chi connectivity index (χ0v) is 10.00.